The fraction of sp³-hybridized carbons (Fsp3) is 0.385. The summed E-state index contributed by atoms with van der Waals surface area (Å²) in [6, 6.07) is 1.83. The van der Waals surface area contributed by atoms with Crippen LogP contribution in [0, 0.1) is 0 Å². The van der Waals surface area contributed by atoms with Gasteiger partial charge in [-0.05, 0) is 13.0 Å². The van der Waals surface area contributed by atoms with Crippen molar-refractivity contribution in [2.24, 2.45) is 0 Å². The molecular formula is C13H18N6O. The Morgan fingerprint density at radius 1 is 1.25 bits per heavy atom. The van der Waals surface area contributed by atoms with Crippen molar-refractivity contribution in [3.05, 3.63) is 24.7 Å². The zero-order valence-corrected chi connectivity index (χ0v) is 12.0. The first kappa shape index (κ1) is 14.1. The minimum Gasteiger partial charge on any atom is -0.362 e. The molecule has 0 saturated carbocycles. The highest BCUT2D eigenvalue weighted by atomic mass is 16.5. The summed E-state index contributed by atoms with van der Waals surface area (Å²) in [6.45, 7) is 1.93. The first-order valence-corrected chi connectivity index (χ1v) is 6.24. The lowest BCUT2D eigenvalue weighted by Gasteiger charge is -2.23. The Balaban J connectivity index is 2.28. The quantitative estimate of drug-likeness (QED) is 0.826. The lowest BCUT2D eigenvalue weighted by molar-refractivity contribution is 0.118. The van der Waals surface area contributed by atoms with Gasteiger partial charge in [0.05, 0.1) is 5.69 Å². The van der Waals surface area contributed by atoms with Crippen molar-refractivity contribution in [2.75, 3.05) is 31.4 Å². The summed E-state index contributed by atoms with van der Waals surface area (Å²) in [5, 5.41) is 2.88. The number of hydrogen-bond acceptors (Lipinski definition) is 7. The van der Waals surface area contributed by atoms with Gasteiger partial charge in [0, 0.05) is 45.4 Å². The van der Waals surface area contributed by atoms with E-state index in [1.807, 2.05) is 24.9 Å². The maximum atomic E-state index is 5.26. The second-order valence-electron chi connectivity index (χ2n) is 4.23. The molecule has 2 heterocycles. The molecule has 2 rings (SSSR count). The van der Waals surface area contributed by atoms with Crippen LogP contribution in [0.25, 0.3) is 11.3 Å². The van der Waals surface area contributed by atoms with E-state index in [1.165, 1.54) is 0 Å². The molecule has 0 aromatic carbocycles. The highest BCUT2D eigenvalue weighted by molar-refractivity contribution is 5.58. The molecule has 1 unspecified atom stereocenters. The fourth-order valence-corrected chi connectivity index (χ4v) is 1.59. The minimum atomic E-state index is -0.104. The zero-order chi connectivity index (χ0) is 14.5. The highest BCUT2D eigenvalue weighted by Gasteiger charge is 2.12. The van der Waals surface area contributed by atoms with Crippen molar-refractivity contribution < 1.29 is 4.74 Å². The number of hydrogen-bond donors (Lipinski definition) is 1. The molecule has 0 saturated heterocycles. The summed E-state index contributed by atoms with van der Waals surface area (Å²) in [5.74, 6) is 1.17. The number of methoxy groups -OCH3 is 1. The number of rotatable bonds is 5. The molecule has 106 valence electrons. The van der Waals surface area contributed by atoms with Crippen molar-refractivity contribution in [2.45, 2.75) is 13.2 Å². The maximum absolute atomic E-state index is 5.26. The van der Waals surface area contributed by atoms with Gasteiger partial charge in [-0.3, -0.25) is 0 Å². The molecule has 0 bridgehead atoms. The second-order valence-corrected chi connectivity index (χ2v) is 4.23. The third kappa shape index (κ3) is 3.00. The van der Waals surface area contributed by atoms with E-state index in [2.05, 4.69) is 25.3 Å². The second kappa shape index (κ2) is 6.25. The first-order chi connectivity index (χ1) is 9.65. The lowest BCUT2D eigenvalue weighted by atomic mass is 10.2. The summed E-state index contributed by atoms with van der Waals surface area (Å²) >= 11 is 0. The third-order valence-corrected chi connectivity index (χ3v) is 3.02. The van der Waals surface area contributed by atoms with Gasteiger partial charge in [-0.1, -0.05) is 0 Å². The number of aromatic nitrogens is 4. The van der Waals surface area contributed by atoms with E-state index in [0.29, 0.717) is 11.9 Å². The van der Waals surface area contributed by atoms with Gasteiger partial charge in [0.1, 0.15) is 6.23 Å². The van der Waals surface area contributed by atoms with E-state index < -0.39 is 0 Å². The molecule has 7 nitrogen and oxygen atoms in total. The fourth-order valence-electron chi connectivity index (χ4n) is 1.59. The van der Waals surface area contributed by atoms with E-state index in [0.717, 1.165) is 11.3 Å². The average Bonchev–Trinajstić information content (AvgIpc) is 2.53. The molecule has 0 amide bonds. The van der Waals surface area contributed by atoms with E-state index in [-0.39, 0.29) is 6.23 Å². The molecular weight excluding hydrogens is 256 g/mol. The molecule has 0 fully saturated rings. The van der Waals surface area contributed by atoms with Crippen LogP contribution in [0.3, 0.4) is 0 Å². The molecule has 7 heteroatoms. The Bertz CT molecular complexity index is 559. The van der Waals surface area contributed by atoms with Crippen LogP contribution in [0.4, 0.5) is 11.9 Å². The Kier molecular flexibility index (Phi) is 4.41. The molecule has 2 aromatic rings. The minimum absolute atomic E-state index is 0.104. The third-order valence-electron chi connectivity index (χ3n) is 3.02. The van der Waals surface area contributed by atoms with Crippen molar-refractivity contribution in [1.29, 1.82) is 0 Å². The molecule has 0 radical (unpaired) electrons. The normalized spacial score (nSPS) is 12.0. The monoisotopic (exact) mass is 274 g/mol. The van der Waals surface area contributed by atoms with Crippen LogP contribution in [-0.4, -0.2) is 47.4 Å². The Labute approximate surface area is 118 Å². The Morgan fingerprint density at radius 2 is 1.95 bits per heavy atom. The molecule has 2 aromatic heterocycles. The molecule has 1 atom stereocenters. The van der Waals surface area contributed by atoms with Gasteiger partial charge in [-0.15, -0.1) is 0 Å². The predicted molar refractivity (Wildman–Crippen MR) is 77.5 cm³/mol. The summed E-state index contributed by atoms with van der Waals surface area (Å²) < 4.78 is 5.26. The van der Waals surface area contributed by atoms with Crippen LogP contribution in [0.5, 0.6) is 0 Å². The molecule has 0 aliphatic rings. The standard InChI is InChI=1S/C13H18N6O/c1-9(20-4)19(3)13-15-6-5-11(18-13)10-7-16-12(14-2)17-8-10/h5-9H,1-4H3,(H,14,16,17). The molecule has 20 heavy (non-hydrogen) atoms. The predicted octanol–water partition coefficient (Wildman–Crippen LogP) is 1.40. The van der Waals surface area contributed by atoms with E-state index in [9.17, 15) is 0 Å². The molecule has 0 spiro atoms. The van der Waals surface area contributed by atoms with Gasteiger partial charge in [-0.25, -0.2) is 19.9 Å². The topological polar surface area (TPSA) is 76.1 Å². The van der Waals surface area contributed by atoms with Gasteiger partial charge in [0.15, 0.2) is 0 Å². The SMILES string of the molecule is CNc1ncc(-c2ccnc(N(C)C(C)OC)n2)cn1. The Morgan fingerprint density at radius 3 is 2.55 bits per heavy atom. The van der Waals surface area contributed by atoms with Crippen LogP contribution in [0.1, 0.15) is 6.92 Å². The van der Waals surface area contributed by atoms with Crippen molar-refractivity contribution in [3.63, 3.8) is 0 Å². The molecule has 1 N–H and O–H groups in total. The summed E-state index contributed by atoms with van der Waals surface area (Å²) in [4.78, 5) is 19.0. The maximum Gasteiger partial charge on any atom is 0.227 e. The summed E-state index contributed by atoms with van der Waals surface area (Å²) in [7, 11) is 5.31. The van der Waals surface area contributed by atoms with Crippen LogP contribution >= 0.6 is 0 Å². The van der Waals surface area contributed by atoms with Crippen LogP contribution < -0.4 is 10.2 Å². The number of anilines is 2. The van der Waals surface area contributed by atoms with Crippen LogP contribution in [0.15, 0.2) is 24.7 Å². The summed E-state index contributed by atoms with van der Waals surface area (Å²) in [6.07, 6.45) is 5.06. The van der Waals surface area contributed by atoms with Gasteiger partial charge in [0.25, 0.3) is 0 Å². The molecule has 0 aliphatic carbocycles. The van der Waals surface area contributed by atoms with Crippen molar-refractivity contribution in [3.8, 4) is 11.3 Å². The van der Waals surface area contributed by atoms with Crippen LogP contribution in [0.2, 0.25) is 0 Å². The van der Waals surface area contributed by atoms with Crippen molar-refractivity contribution >= 4 is 11.9 Å². The number of ether oxygens (including phenoxy) is 1. The lowest BCUT2D eigenvalue weighted by Crippen LogP contribution is -2.31. The van der Waals surface area contributed by atoms with E-state index in [4.69, 9.17) is 4.74 Å². The summed E-state index contributed by atoms with van der Waals surface area (Å²) in [5.41, 5.74) is 1.61. The Hall–Kier alpha value is -2.28. The van der Waals surface area contributed by atoms with E-state index in [1.54, 1.807) is 32.7 Å². The van der Waals surface area contributed by atoms with Crippen LogP contribution in [-0.2, 0) is 4.74 Å². The van der Waals surface area contributed by atoms with E-state index >= 15 is 0 Å². The van der Waals surface area contributed by atoms with Crippen molar-refractivity contribution in [1.82, 2.24) is 19.9 Å². The number of nitrogens with zero attached hydrogens (tertiary/aromatic N) is 5. The number of nitrogens with one attached hydrogen (secondary N) is 1. The van der Waals surface area contributed by atoms with Gasteiger partial charge in [-0.2, -0.15) is 0 Å². The average molecular weight is 274 g/mol. The largest absolute Gasteiger partial charge is 0.362 e. The van der Waals surface area contributed by atoms with Gasteiger partial charge < -0.3 is 15.0 Å². The molecule has 0 aliphatic heterocycles. The first-order valence-electron chi connectivity index (χ1n) is 6.24. The zero-order valence-electron chi connectivity index (χ0n) is 12.0. The highest BCUT2D eigenvalue weighted by Crippen LogP contribution is 2.18. The van der Waals surface area contributed by atoms with Gasteiger partial charge >= 0.3 is 0 Å². The van der Waals surface area contributed by atoms with Gasteiger partial charge in [0.2, 0.25) is 11.9 Å². The smallest absolute Gasteiger partial charge is 0.227 e.